The van der Waals surface area contributed by atoms with Gasteiger partial charge in [-0.1, -0.05) is 83.9 Å². The third-order valence-electron chi connectivity index (χ3n) is 9.16. The number of ether oxygens (including phenoxy) is 2. The number of hydrogen-bond acceptors (Lipinski definition) is 8. The Bertz CT molecular complexity index is 2400. The van der Waals surface area contributed by atoms with Crippen molar-refractivity contribution in [2.75, 3.05) is 19.9 Å². The molecule has 8 nitrogen and oxygen atoms in total. The number of rotatable bonds is 7. The third-order valence-corrected chi connectivity index (χ3v) is 10.3. The summed E-state index contributed by atoms with van der Waals surface area (Å²) in [5, 5.41) is 11.2. The summed E-state index contributed by atoms with van der Waals surface area (Å²) in [6.07, 6.45) is 2.03. The molecule has 0 amide bonds. The van der Waals surface area contributed by atoms with Gasteiger partial charge in [0.15, 0.2) is 11.6 Å². The fraction of sp³-hybridized carbons (Fsp3) is 0.186. The van der Waals surface area contributed by atoms with Crippen molar-refractivity contribution < 1.29 is 9.47 Å². The van der Waals surface area contributed by atoms with Crippen LogP contribution in [0.15, 0.2) is 124 Å². The van der Waals surface area contributed by atoms with Gasteiger partial charge in [-0.25, -0.2) is 4.99 Å². The number of methoxy groups -OCH3 is 1. The maximum atomic E-state index is 6.41. The second-order valence-corrected chi connectivity index (χ2v) is 14.5. The Hall–Kier alpha value is -5.06. The highest BCUT2D eigenvalue weighted by molar-refractivity contribution is 8.13. The molecular weight excluding hydrogens is 735 g/mol. The molecule has 8 rings (SSSR count). The van der Waals surface area contributed by atoms with Gasteiger partial charge in [0.25, 0.3) is 0 Å². The summed E-state index contributed by atoms with van der Waals surface area (Å²) < 4.78 is 13.2. The minimum absolute atomic E-state index is 0.320. The molecule has 0 unspecified atom stereocenters. The molecule has 0 spiro atoms. The Morgan fingerprint density at radius 2 is 1.31 bits per heavy atom. The van der Waals surface area contributed by atoms with Gasteiger partial charge in [0, 0.05) is 32.3 Å². The van der Waals surface area contributed by atoms with Crippen LogP contribution in [-0.2, 0) is 24.5 Å². The smallest absolute Gasteiger partial charge is 0.163 e. The van der Waals surface area contributed by atoms with Gasteiger partial charge in [0.05, 0.1) is 48.1 Å². The number of thioether (sulfide) groups is 1. The maximum absolute atomic E-state index is 6.41. The van der Waals surface area contributed by atoms with Crippen LogP contribution in [-0.4, -0.2) is 51.1 Å². The molecule has 272 valence electrons. The molecule has 5 aromatic carbocycles. The normalized spacial score (nSPS) is 13.1. The van der Waals surface area contributed by atoms with Crippen LogP contribution in [0.3, 0.4) is 0 Å². The minimum atomic E-state index is 0.320. The molecular formula is C43H38Cl2N6O2S. The molecule has 2 aliphatic heterocycles. The maximum Gasteiger partial charge on any atom is 0.163 e. The fourth-order valence-corrected chi connectivity index (χ4v) is 7.11. The Morgan fingerprint density at radius 3 is 1.98 bits per heavy atom. The topological polar surface area (TPSA) is 86.2 Å². The molecule has 0 saturated carbocycles. The van der Waals surface area contributed by atoms with Crippen LogP contribution >= 0.6 is 35.0 Å². The van der Waals surface area contributed by atoms with Gasteiger partial charge in [0.1, 0.15) is 18.9 Å². The number of aliphatic imine (C=N–C) groups is 3. The van der Waals surface area contributed by atoms with E-state index in [9.17, 15) is 0 Å². The van der Waals surface area contributed by atoms with Crippen molar-refractivity contribution in [3.05, 3.63) is 170 Å². The van der Waals surface area contributed by atoms with Gasteiger partial charge in [0.2, 0.25) is 0 Å². The molecule has 2 aliphatic rings. The van der Waals surface area contributed by atoms with Gasteiger partial charge in [-0.3, -0.25) is 14.6 Å². The van der Waals surface area contributed by atoms with E-state index in [1.54, 1.807) is 18.9 Å². The van der Waals surface area contributed by atoms with Crippen LogP contribution in [0.4, 0.5) is 5.69 Å². The van der Waals surface area contributed by atoms with E-state index in [0.717, 1.165) is 78.6 Å². The largest absolute Gasteiger partial charge is 0.497 e. The Morgan fingerprint density at radius 1 is 0.685 bits per heavy atom. The summed E-state index contributed by atoms with van der Waals surface area (Å²) in [4.78, 5) is 14.4. The number of halogens is 2. The predicted molar refractivity (Wildman–Crippen MR) is 222 cm³/mol. The molecule has 0 radical (unpaired) electrons. The Kier molecular flexibility index (Phi) is 11.7. The summed E-state index contributed by atoms with van der Waals surface area (Å²) in [5.74, 6) is 2.31. The molecule has 1 aromatic heterocycles. The van der Waals surface area contributed by atoms with Crippen molar-refractivity contribution in [2.24, 2.45) is 15.0 Å². The average molecular weight is 774 g/mol. The van der Waals surface area contributed by atoms with Crippen LogP contribution in [0.1, 0.15) is 50.6 Å². The van der Waals surface area contributed by atoms with E-state index in [1.807, 2.05) is 95.8 Å². The van der Waals surface area contributed by atoms with Gasteiger partial charge in [-0.15, -0.1) is 22.0 Å². The first-order valence-corrected chi connectivity index (χ1v) is 19.4. The van der Waals surface area contributed by atoms with E-state index in [1.165, 1.54) is 5.56 Å². The molecule has 6 aromatic rings. The quantitative estimate of drug-likeness (QED) is 0.161. The summed E-state index contributed by atoms with van der Waals surface area (Å²) in [7, 11) is 1.65. The van der Waals surface area contributed by atoms with Crippen LogP contribution in [0.25, 0.3) is 5.69 Å². The number of benzene rings is 5. The first kappa shape index (κ1) is 37.3. The van der Waals surface area contributed by atoms with Crippen molar-refractivity contribution in [3.63, 3.8) is 0 Å². The SMILES string of the molecule is COc1ccc(COCc2nnc3n2-c2ccc(Cl)cc2C(c2ccccc2C)=NC3)cc1.CSC1=Nc2ccc(Cl)cc2C(c2ccccc2C)=NC1. The van der Waals surface area contributed by atoms with Crippen LogP contribution < -0.4 is 4.74 Å². The number of fused-ring (bicyclic) bond motifs is 4. The second kappa shape index (κ2) is 17.0. The van der Waals surface area contributed by atoms with Gasteiger partial charge in [-0.2, -0.15) is 0 Å². The predicted octanol–water partition coefficient (Wildman–Crippen LogP) is 10.2. The standard InChI is InChI=1S/C26H23ClN4O2.C17H15ClN2S/c1-17-5-3-4-6-21(17)26-22-13-19(27)9-12-23(22)31-24(14-28-26)29-30-25(31)16-33-15-18-7-10-20(32-2)11-8-18;1-11-5-3-4-6-13(11)17-14-9-12(18)7-8-15(14)20-16(21-2)10-19-17/h3-13H,14-16H2,1-2H3;3-9H,10H2,1-2H3. The first-order chi connectivity index (χ1) is 26.3. The Balaban J connectivity index is 0.000000184. The summed E-state index contributed by atoms with van der Waals surface area (Å²) in [5.41, 5.74) is 11.3. The van der Waals surface area contributed by atoms with Crippen molar-refractivity contribution >= 4 is 57.1 Å². The molecule has 3 heterocycles. The molecule has 0 fully saturated rings. The molecule has 0 atom stereocenters. The van der Waals surface area contributed by atoms with Crippen molar-refractivity contribution in [2.45, 2.75) is 33.6 Å². The fourth-order valence-electron chi connectivity index (χ4n) is 6.38. The Labute approximate surface area is 329 Å². The lowest BCUT2D eigenvalue weighted by molar-refractivity contribution is 0.100. The molecule has 0 N–H and O–H groups in total. The summed E-state index contributed by atoms with van der Waals surface area (Å²) in [6, 6.07) is 36.0. The zero-order valence-corrected chi connectivity index (χ0v) is 32.7. The monoisotopic (exact) mass is 772 g/mol. The lowest BCUT2D eigenvalue weighted by atomic mass is 9.97. The van der Waals surface area contributed by atoms with Crippen LogP contribution in [0, 0.1) is 13.8 Å². The van der Waals surface area contributed by atoms with E-state index in [-0.39, 0.29) is 0 Å². The van der Waals surface area contributed by atoms with Gasteiger partial charge < -0.3 is 9.47 Å². The summed E-state index contributed by atoms with van der Waals surface area (Å²) in [6.45, 7) is 6.00. The number of aromatic nitrogens is 3. The molecule has 11 heteroatoms. The van der Waals surface area contributed by atoms with E-state index in [4.69, 9.17) is 47.7 Å². The van der Waals surface area contributed by atoms with Gasteiger partial charge >= 0.3 is 0 Å². The van der Waals surface area contributed by atoms with Crippen molar-refractivity contribution in [3.8, 4) is 11.4 Å². The molecule has 0 aliphatic carbocycles. The highest BCUT2D eigenvalue weighted by Gasteiger charge is 2.24. The lowest BCUT2D eigenvalue weighted by Crippen LogP contribution is -2.11. The first-order valence-electron chi connectivity index (χ1n) is 17.4. The highest BCUT2D eigenvalue weighted by atomic mass is 35.5. The second-order valence-electron chi connectivity index (χ2n) is 12.7. The van der Waals surface area contributed by atoms with E-state index >= 15 is 0 Å². The van der Waals surface area contributed by atoms with Gasteiger partial charge in [-0.05, 0) is 85.3 Å². The van der Waals surface area contributed by atoms with Crippen molar-refractivity contribution in [1.29, 1.82) is 0 Å². The number of aryl methyl sites for hydroxylation is 2. The highest BCUT2D eigenvalue weighted by Crippen LogP contribution is 2.31. The third kappa shape index (κ3) is 8.20. The minimum Gasteiger partial charge on any atom is -0.497 e. The lowest BCUT2D eigenvalue weighted by Gasteiger charge is -2.15. The summed E-state index contributed by atoms with van der Waals surface area (Å²) >= 11 is 14.2. The number of nitrogens with zero attached hydrogens (tertiary/aromatic N) is 6. The van der Waals surface area contributed by atoms with Crippen LogP contribution in [0.2, 0.25) is 10.0 Å². The molecule has 0 bridgehead atoms. The zero-order chi connectivity index (χ0) is 37.6. The van der Waals surface area contributed by atoms with E-state index < -0.39 is 0 Å². The van der Waals surface area contributed by atoms with E-state index in [2.05, 4.69) is 48.3 Å². The van der Waals surface area contributed by atoms with Crippen LogP contribution in [0.5, 0.6) is 5.75 Å². The van der Waals surface area contributed by atoms with Crippen molar-refractivity contribution in [1.82, 2.24) is 14.8 Å². The zero-order valence-electron chi connectivity index (χ0n) is 30.4. The molecule has 54 heavy (non-hydrogen) atoms. The average Bonchev–Trinajstić information content (AvgIpc) is 3.39. The number of hydrogen-bond donors (Lipinski definition) is 0. The molecule has 0 saturated heterocycles. The van der Waals surface area contributed by atoms with E-state index in [0.29, 0.717) is 36.3 Å².